The summed E-state index contributed by atoms with van der Waals surface area (Å²) in [5.41, 5.74) is 5.08. The van der Waals surface area contributed by atoms with Gasteiger partial charge >= 0.3 is 0 Å². The van der Waals surface area contributed by atoms with Gasteiger partial charge in [0.1, 0.15) is 6.10 Å². The van der Waals surface area contributed by atoms with Gasteiger partial charge in [0.05, 0.1) is 24.2 Å². The molecule has 0 aliphatic carbocycles. The second-order valence-corrected chi connectivity index (χ2v) is 7.47. The summed E-state index contributed by atoms with van der Waals surface area (Å²) < 4.78 is 5.99. The summed E-state index contributed by atoms with van der Waals surface area (Å²) in [4.78, 5) is 15.9. The highest BCUT2D eigenvalue weighted by Crippen LogP contribution is 2.22. The normalized spacial score (nSPS) is 17.2. The summed E-state index contributed by atoms with van der Waals surface area (Å²) >= 11 is 0. The quantitative estimate of drug-likeness (QED) is 0.691. The fourth-order valence-corrected chi connectivity index (χ4v) is 3.60. The molecule has 3 aromatic rings. The highest BCUT2D eigenvalue weighted by Gasteiger charge is 2.22. The number of pyridine rings is 1. The fraction of sp³-hybridized carbons (Fsp3) is 0.348. The molecule has 29 heavy (non-hydrogen) atoms. The average molecular weight is 390 g/mol. The number of nitrogens with one attached hydrogen (secondary N) is 1. The number of benzene rings is 1. The van der Waals surface area contributed by atoms with Gasteiger partial charge in [-0.2, -0.15) is 0 Å². The van der Waals surface area contributed by atoms with E-state index >= 15 is 0 Å². The first-order valence-electron chi connectivity index (χ1n) is 10.1. The summed E-state index contributed by atoms with van der Waals surface area (Å²) in [6.07, 6.45) is 2.88. The molecule has 1 aromatic carbocycles. The molecule has 4 rings (SSSR count). The van der Waals surface area contributed by atoms with E-state index in [-0.39, 0.29) is 6.10 Å². The number of hydrogen-bond donors (Lipinski definition) is 1. The summed E-state index contributed by atoms with van der Waals surface area (Å²) in [6, 6.07) is 16.6. The third-order valence-corrected chi connectivity index (χ3v) is 5.06. The Hall–Kier alpha value is -2.83. The summed E-state index contributed by atoms with van der Waals surface area (Å²) in [5, 5.41) is 3.23. The van der Waals surface area contributed by atoms with Crippen molar-refractivity contribution in [2.24, 2.45) is 0 Å². The van der Waals surface area contributed by atoms with Gasteiger partial charge in [-0.1, -0.05) is 30.3 Å². The van der Waals surface area contributed by atoms with E-state index in [1.54, 1.807) is 0 Å². The van der Waals surface area contributed by atoms with Crippen LogP contribution in [0.15, 0.2) is 54.7 Å². The van der Waals surface area contributed by atoms with E-state index in [0.717, 1.165) is 55.4 Å². The lowest BCUT2D eigenvalue weighted by atomic mass is 10.1. The second-order valence-electron chi connectivity index (χ2n) is 7.47. The van der Waals surface area contributed by atoms with Gasteiger partial charge in [0.25, 0.3) is 0 Å². The predicted octanol–water partition coefficient (Wildman–Crippen LogP) is 3.85. The van der Waals surface area contributed by atoms with Crippen LogP contribution >= 0.6 is 0 Å². The molecule has 0 bridgehead atoms. The van der Waals surface area contributed by atoms with Crippen molar-refractivity contribution in [3.8, 4) is 0 Å². The van der Waals surface area contributed by atoms with Crippen molar-refractivity contribution in [3.63, 3.8) is 0 Å². The molecule has 2 aromatic heterocycles. The van der Waals surface area contributed by atoms with E-state index in [0.29, 0.717) is 5.95 Å². The van der Waals surface area contributed by atoms with Crippen LogP contribution in [0.4, 0.5) is 11.6 Å². The van der Waals surface area contributed by atoms with E-state index in [2.05, 4.69) is 55.5 Å². The monoisotopic (exact) mass is 389 g/mol. The van der Waals surface area contributed by atoms with Crippen molar-refractivity contribution in [1.29, 1.82) is 0 Å². The smallest absolute Gasteiger partial charge is 0.227 e. The van der Waals surface area contributed by atoms with E-state index in [4.69, 9.17) is 4.74 Å². The first-order valence-corrected chi connectivity index (χ1v) is 10.1. The highest BCUT2D eigenvalue weighted by molar-refractivity contribution is 5.52. The Morgan fingerprint density at radius 1 is 1.07 bits per heavy atom. The number of nitrogens with zero attached hydrogens (tertiary/aromatic N) is 4. The Morgan fingerprint density at radius 2 is 1.86 bits per heavy atom. The van der Waals surface area contributed by atoms with Crippen LogP contribution in [0.1, 0.15) is 28.7 Å². The van der Waals surface area contributed by atoms with Crippen LogP contribution in [0.25, 0.3) is 0 Å². The largest absolute Gasteiger partial charge is 0.369 e. The number of aryl methyl sites for hydroxylation is 2. The summed E-state index contributed by atoms with van der Waals surface area (Å²) in [6.45, 7) is 7.53. The van der Waals surface area contributed by atoms with Gasteiger partial charge in [-0.05, 0) is 44.0 Å². The zero-order valence-electron chi connectivity index (χ0n) is 17.0. The fourth-order valence-electron chi connectivity index (χ4n) is 3.60. The number of rotatable bonds is 6. The maximum atomic E-state index is 5.99. The van der Waals surface area contributed by atoms with Crippen LogP contribution in [0, 0.1) is 13.8 Å². The average Bonchev–Trinajstić information content (AvgIpc) is 2.73. The van der Waals surface area contributed by atoms with Gasteiger partial charge < -0.3 is 10.1 Å². The van der Waals surface area contributed by atoms with E-state index in [1.165, 1.54) is 5.56 Å². The standard InChI is InChI=1S/C23H27N5O/c1-17-14-18(2)26-23(25-17)27-20-8-9-21(24-15-20)22-16-28(12-13-29-22)11-10-19-6-4-3-5-7-19/h3-9,14-15,22H,10-13,16H2,1-2H3,(H,25,26,27)/t22-/m1/s1. The van der Waals surface area contributed by atoms with Crippen molar-refractivity contribution < 1.29 is 4.74 Å². The van der Waals surface area contributed by atoms with Gasteiger partial charge in [0, 0.05) is 31.0 Å². The van der Waals surface area contributed by atoms with Crippen molar-refractivity contribution in [2.45, 2.75) is 26.4 Å². The molecule has 1 fully saturated rings. The Balaban J connectivity index is 1.35. The molecule has 150 valence electrons. The molecule has 1 N–H and O–H groups in total. The van der Waals surface area contributed by atoms with Gasteiger partial charge in [0.15, 0.2) is 0 Å². The topological polar surface area (TPSA) is 63.2 Å². The van der Waals surface area contributed by atoms with Crippen molar-refractivity contribution in [1.82, 2.24) is 19.9 Å². The Bertz CT molecular complexity index is 910. The number of hydrogen-bond acceptors (Lipinski definition) is 6. The van der Waals surface area contributed by atoms with E-state index in [9.17, 15) is 0 Å². The second kappa shape index (κ2) is 9.11. The molecule has 0 spiro atoms. The maximum Gasteiger partial charge on any atom is 0.227 e. The third kappa shape index (κ3) is 5.37. The number of ether oxygens (including phenoxy) is 1. The van der Waals surface area contributed by atoms with Gasteiger partial charge in [-0.3, -0.25) is 9.88 Å². The minimum atomic E-state index is 0.00559. The van der Waals surface area contributed by atoms with E-state index in [1.807, 2.05) is 38.2 Å². The van der Waals surface area contributed by atoms with Gasteiger partial charge in [0.2, 0.25) is 5.95 Å². The van der Waals surface area contributed by atoms with Crippen LogP contribution in [0.3, 0.4) is 0 Å². The van der Waals surface area contributed by atoms with Crippen LogP contribution in [0.2, 0.25) is 0 Å². The molecular weight excluding hydrogens is 362 g/mol. The molecule has 0 amide bonds. The lowest BCUT2D eigenvalue weighted by Gasteiger charge is -2.32. The van der Waals surface area contributed by atoms with Crippen molar-refractivity contribution >= 4 is 11.6 Å². The molecule has 1 aliphatic heterocycles. The highest BCUT2D eigenvalue weighted by atomic mass is 16.5. The summed E-state index contributed by atoms with van der Waals surface area (Å²) in [5.74, 6) is 0.595. The Labute approximate surface area is 172 Å². The van der Waals surface area contributed by atoms with Crippen molar-refractivity contribution in [2.75, 3.05) is 31.6 Å². The molecule has 3 heterocycles. The van der Waals surface area contributed by atoms with Crippen LogP contribution in [-0.4, -0.2) is 46.1 Å². The number of aromatic nitrogens is 3. The SMILES string of the molecule is Cc1cc(C)nc(Nc2ccc([C@H]3CN(CCc4ccccc4)CCO3)nc2)n1. The molecule has 1 saturated heterocycles. The molecule has 1 aliphatic rings. The zero-order valence-corrected chi connectivity index (χ0v) is 17.0. The van der Waals surface area contributed by atoms with Crippen LogP contribution in [0.5, 0.6) is 0 Å². The third-order valence-electron chi connectivity index (χ3n) is 5.06. The van der Waals surface area contributed by atoms with Gasteiger partial charge in [-0.25, -0.2) is 9.97 Å². The van der Waals surface area contributed by atoms with Crippen LogP contribution in [-0.2, 0) is 11.2 Å². The number of anilines is 2. The van der Waals surface area contributed by atoms with E-state index < -0.39 is 0 Å². The van der Waals surface area contributed by atoms with Crippen molar-refractivity contribution in [3.05, 3.63) is 77.4 Å². The molecular formula is C23H27N5O. The number of morpholine rings is 1. The Kier molecular flexibility index (Phi) is 6.12. The minimum Gasteiger partial charge on any atom is -0.369 e. The minimum absolute atomic E-state index is 0.00559. The molecule has 0 saturated carbocycles. The lowest BCUT2D eigenvalue weighted by Crippen LogP contribution is -2.39. The summed E-state index contributed by atoms with van der Waals surface area (Å²) in [7, 11) is 0. The molecule has 0 radical (unpaired) electrons. The lowest BCUT2D eigenvalue weighted by molar-refractivity contribution is -0.0316. The zero-order chi connectivity index (χ0) is 20.1. The maximum absolute atomic E-state index is 5.99. The molecule has 6 heteroatoms. The van der Waals surface area contributed by atoms with Gasteiger partial charge in [-0.15, -0.1) is 0 Å². The van der Waals surface area contributed by atoms with Crippen LogP contribution < -0.4 is 5.32 Å². The molecule has 0 unspecified atom stereocenters. The first-order chi connectivity index (χ1) is 14.2. The molecule has 1 atom stereocenters. The Morgan fingerprint density at radius 3 is 2.59 bits per heavy atom. The molecule has 6 nitrogen and oxygen atoms in total. The first kappa shape index (κ1) is 19.5. The predicted molar refractivity (Wildman–Crippen MR) is 114 cm³/mol.